The third kappa shape index (κ3) is 3.63. The van der Waals surface area contributed by atoms with Gasteiger partial charge in [0, 0.05) is 14.7 Å². The van der Waals surface area contributed by atoms with E-state index >= 15 is 0 Å². The van der Waals surface area contributed by atoms with Crippen LogP contribution < -0.4 is 9.47 Å². The molecule has 102 valence electrons. The number of aliphatic hydroxyl groups excluding tert-OH is 1. The van der Waals surface area contributed by atoms with Crippen molar-refractivity contribution in [2.75, 3.05) is 7.11 Å². The highest BCUT2D eigenvalue weighted by atomic mass is 79.9. The lowest BCUT2D eigenvalue weighted by molar-refractivity contribution is 0.275. The molecule has 2 aromatic rings. The van der Waals surface area contributed by atoms with Crippen molar-refractivity contribution in [3.63, 3.8) is 0 Å². The highest BCUT2D eigenvalue weighted by molar-refractivity contribution is 9.10. The monoisotopic (exact) mass is 362 g/mol. The first-order valence-corrected chi connectivity index (χ1v) is 7.52. The van der Waals surface area contributed by atoms with Crippen LogP contribution in [0.3, 0.4) is 0 Å². The molecule has 0 radical (unpaired) electrons. The Bertz CT molecular complexity index is 571. The molecule has 0 unspecified atom stereocenters. The average molecular weight is 364 g/mol. The first kappa shape index (κ1) is 14.7. The number of halogens is 2. The first-order chi connectivity index (χ1) is 9.13. The molecule has 0 fully saturated rings. The molecule has 0 bridgehead atoms. The van der Waals surface area contributed by atoms with Crippen molar-refractivity contribution >= 4 is 38.9 Å². The maximum absolute atomic E-state index is 9.13. The summed E-state index contributed by atoms with van der Waals surface area (Å²) < 4.78 is 12.0. The molecule has 0 atom stereocenters. The van der Waals surface area contributed by atoms with Gasteiger partial charge >= 0.3 is 0 Å². The van der Waals surface area contributed by atoms with E-state index in [0.717, 1.165) is 9.35 Å². The largest absolute Gasteiger partial charge is 0.493 e. The van der Waals surface area contributed by atoms with Gasteiger partial charge < -0.3 is 14.6 Å². The van der Waals surface area contributed by atoms with E-state index in [4.69, 9.17) is 26.2 Å². The van der Waals surface area contributed by atoms with Crippen molar-refractivity contribution in [1.82, 2.24) is 0 Å². The third-order valence-electron chi connectivity index (χ3n) is 2.45. The minimum absolute atomic E-state index is 0.0891. The highest BCUT2D eigenvalue weighted by Crippen LogP contribution is 2.37. The van der Waals surface area contributed by atoms with Gasteiger partial charge in [0.05, 0.1) is 18.7 Å². The lowest BCUT2D eigenvalue weighted by Gasteiger charge is -2.13. The molecule has 1 aromatic carbocycles. The molecule has 0 aliphatic carbocycles. The van der Waals surface area contributed by atoms with Crippen LogP contribution in [0.4, 0.5) is 0 Å². The van der Waals surface area contributed by atoms with E-state index in [1.54, 1.807) is 30.6 Å². The van der Waals surface area contributed by atoms with Crippen molar-refractivity contribution in [2.45, 2.75) is 13.2 Å². The molecule has 0 saturated heterocycles. The lowest BCUT2D eigenvalue weighted by atomic mass is 10.2. The number of ether oxygens (including phenoxy) is 2. The van der Waals surface area contributed by atoms with E-state index in [-0.39, 0.29) is 6.61 Å². The standard InChI is InChI=1S/C13H12BrClO3S/c1-17-12-3-8(5-16)2-11(15)13(12)18-6-10-4-9(14)7-19-10/h2-4,7,16H,5-6H2,1H3. The van der Waals surface area contributed by atoms with Crippen molar-refractivity contribution in [2.24, 2.45) is 0 Å². The summed E-state index contributed by atoms with van der Waals surface area (Å²) in [4.78, 5) is 1.08. The van der Waals surface area contributed by atoms with Gasteiger partial charge in [-0.3, -0.25) is 0 Å². The van der Waals surface area contributed by atoms with Gasteiger partial charge in [0.15, 0.2) is 11.5 Å². The van der Waals surface area contributed by atoms with Gasteiger partial charge in [-0.25, -0.2) is 0 Å². The van der Waals surface area contributed by atoms with Crippen molar-refractivity contribution < 1.29 is 14.6 Å². The fourth-order valence-electron chi connectivity index (χ4n) is 1.58. The van der Waals surface area contributed by atoms with E-state index < -0.39 is 0 Å². The van der Waals surface area contributed by atoms with Gasteiger partial charge in [-0.2, -0.15) is 0 Å². The fraction of sp³-hybridized carbons (Fsp3) is 0.231. The van der Waals surface area contributed by atoms with Gasteiger partial charge in [-0.05, 0) is 39.7 Å². The van der Waals surface area contributed by atoms with E-state index in [9.17, 15) is 0 Å². The molecule has 0 saturated carbocycles. The van der Waals surface area contributed by atoms with Gasteiger partial charge in [0.2, 0.25) is 0 Å². The zero-order chi connectivity index (χ0) is 13.8. The first-order valence-electron chi connectivity index (χ1n) is 5.47. The zero-order valence-electron chi connectivity index (χ0n) is 10.2. The van der Waals surface area contributed by atoms with Crippen LogP contribution >= 0.6 is 38.9 Å². The van der Waals surface area contributed by atoms with Crippen molar-refractivity contribution in [3.8, 4) is 11.5 Å². The van der Waals surface area contributed by atoms with Crippen molar-refractivity contribution in [3.05, 3.63) is 43.5 Å². The van der Waals surface area contributed by atoms with E-state index in [1.165, 1.54) is 0 Å². The minimum atomic E-state index is -0.0891. The van der Waals surface area contributed by atoms with Crippen LogP contribution in [-0.2, 0) is 13.2 Å². The quantitative estimate of drug-likeness (QED) is 0.863. The summed E-state index contributed by atoms with van der Waals surface area (Å²) in [5, 5.41) is 11.5. The Kier molecular flexibility index (Phi) is 5.10. The number of methoxy groups -OCH3 is 1. The van der Waals surface area contributed by atoms with E-state index in [0.29, 0.717) is 28.7 Å². The molecular formula is C13H12BrClO3S. The maximum atomic E-state index is 9.13. The molecule has 3 nitrogen and oxygen atoms in total. The van der Waals surface area contributed by atoms with Crippen LogP contribution in [0.2, 0.25) is 5.02 Å². The summed E-state index contributed by atoms with van der Waals surface area (Å²) >= 11 is 11.1. The molecule has 6 heteroatoms. The Morgan fingerprint density at radius 1 is 1.37 bits per heavy atom. The highest BCUT2D eigenvalue weighted by Gasteiger charge is 2.12. The minimum Gasteiger partial charge on any atom is -0.493 e. The van der Waals surface area contributed by atoms with Gasteiger partial charge in [0.25, 0.3) is 0 Å². The lowest BCUT2D eigenvalue weighted by Crippen LogP contribution is -1.98. The SMILES string of the molecule is COc1cc(CO)cc(Cl)c1OCc1cc(Br)cs1. The van der Waals surface area contributed by atoms with Gasteiger partial charge in [0.1, 0.15) is 6.61 Å². The Hall–Kier alpha value is -0.750. The van der Waals surface area contributed by atoms with Crippen LogP contribution in [-0.4, -0.2) is 12.2 Å². The predicted octanol–water partition coefficient (Wildman–Crippen LogP) is 4.24. The fourth-order valence-corrected chi connectivity index (χ4v) is 3.23. The smallest absolute Gasteiger partial charge is 0.180 e. The normalized spacial score (nSPS) is 10.5. The summed E-state index contributed by atoms with van der Waals surface area (Å²) in [6.07, 6.45) is 0. The van der Waals surface area contributed by atoms with Crippen LogP contribution in [0.1, 0.15) is 10.4 Å². The van der Waals surface area contributed by atoms with Gasteiger partial charge in [-0.15, -0.1) is 11.3 Å². The Morgan fingerprint density at radius 2 is 2.16 bits per heavy atom. The van der Waals surface area contributed by atoms with Gasteiger partial charge in [-0.1, -0.05) is 11.6 Å². The number of aliphatic hydroxyl groups is 1. The molecule has 19 heavy (non-hydrogen) atoms. The summed E-state index contributed by atoms with van der Waals surface area (Å²) in [7, 11) is 1.54. The van der Waals surface area contributed by atoms with Crippen molar-refractivity contribution in [1.29, 1.82) is 0 Å². The summed E-state index contributed by atoms with van der Waals surface area (Å²) in [6.45, 7) is 0.332. The molecule has 1 heterocycles. The number of hydrogen-bond acceptors (Lipinski definition) is 4. The Morgan fingerprint density at radius 3 is 2.74 bits per heavy atom. The maximum Gasteiger partial charge on any atom is 0.180 e. The van der Waals surface area contributed by atoms with Crippen LogP contribution in [0.25, 0.3) is 0 Å². The number of thiophene rings is 1. The second kappa shape index (κ2) is 6.61. The topological polar surface area (TPSA) is 38.7 Å². The average Bonchev–Trinajstić information content (AvgIpc) is 2.82. The second-order valence-electron chi connectivity index (χ2n) is 3.79. The van der Waals surface area contributed by atoms with E-state index in [1.807, 2.05) is 11.4 Å². The molecule has 1 aromatic heterocycles. The van der Waals surface area contributed by atoms with Crippen LogP contribution in [0, 0.1) is 0 Å². The molecule has 0 aliphatic rings. The summed E-state index contributed by atoms with van der Waals surface area (Å²) in [5.41, 5.74) is 0.688. The summed E-state index contributed by atoms with van der Waals surface area (Å²) in [6, 6.07) is 5.38. The van der Waals surface area contributed by atoms with E-state index in [2.05, 4.69) is 15.9 Å². The molecule has 2 rings (SSSR count). The Labute approximate surface area is 128 Å². The van der Waals surface area contributed by atoms with Crippen LogP contribution in [0.5, 0.6) is 11.5 Å². The Balaban J connectivity index is 2.19. The molecule has 0 spiro atoms. The molecule has 1 N–H and O–H groups in total. The number of rotatable bonds is 5. The number of hydrogen-bond donors (Lipinski definition) is 1. The third-order valence-corrected chi connectivity index (χ3v) is 4.40. The zero-order valence-corrected chi connectivity index (χ0v) is 13.3. The second-order valence-corrected chi connectivity index (χ2v) is 6.11. The molecular weight excluding hydrogens is 352 g/mol. The summed E-state index contributed by atoms with van der Waals surface area (Å²) in [5.74, 6) is 1.01. The predicted molar refractivity (Wildman–Crippen MR) is 80.3 cm³/mol. The molecule has 0 aliphatic heterocycles. The molecule has 0 amide bonds. The van der Waals surface area contributed by atoms with Crippen LogP contribution in [0.15, 0.2) is 28.1 Å². The number of benzene rings is 1.